The third-order valence-corrected chi connectivity index (χ3v) is 4.71. The maximum absolute atomic E-state index is 12.0. The summed E-state index contributed by atoms with van der Waals surface area (Å²) in [7, 11) is 0. The molecule has 0 saturated heterocycles. The summed E-state index contributed by atoms with van der Waals surface area (Å²) >= 11 is 3.51. The number of rotatable bonds is 2. The van der Waals surface area contributed by atoms with Crippen LogP contribution >= 0.6 is 15.9 Å². The second-order valence-corrected chi connectivity index (χ2v) is 5.43. The van der Waals surface area contributed by atoms with Gasteiger partial charge < -0.3 is 0 Å². The first-order chi connectivity index (χ1) is 7.64. The monoisotopic (exact) mass is 280 g/mol. The summed E-state index contributed by atoms with van der Waals surface area (Å²) in [5, 5.41) is 0. The predicted molar refractivity (Wildman–Crippen MR) is 70.0 cm³/mol. The SMILES string of the molecule is CCC1(CC)CCC(=O)c2c(Br)cccc21. The van der Waals surface area contributed by atoms with Gasteiger partial charge in [-0.3, -0.25) is 4.79 Å². The van der Waals surface area contributed by atoms with E-state index in [1.165, 1.54) is 5.56 Å². The van der Waals surface area contributed by atoms with Crippen LogP contribution in [0.15, 0.2) is 22.7 Å². The molecule has 1 aromatic carbocycles. The van der Waals surface area contributed by atoms with Crippen molar-refractivity contribution in [1.29, 1.82) is 0 Å². The van der Waals surface area contributed by atoms with Crippen LogP contribution in [0.1, 0.15) is 55.5 Å². The summed E-state index contributed by atoms with van der Waals surface area (Å²) < 4.78 is 0.959. The zero-order chi connectivity index (χ0) is 11.8. The molecule has 0 N–H and O–H groups in total. The van der Waals surface area contributed by atoms with Crippen LogP contribution in [0.3, 0.4) is 0 Å². The third-order valence-electron chi connectivity index (χ3n) is 4.05. The van der Waals surface area contributed by atoms with Gasteiger partial charge in [-0.25, -0.2) is 0 Å². The van der Waals surface area contributed by atoms with Crippen LogP contribution in [-0.2, 0) is 5.41 Å². The Kier molecular flexibility index (Phi) is 3.20. The molecule has 0 saturated carbocycles. The number of Topliss-reactive ketones (excluding diaryl/α,β-unsaturated/α-hetero) is 1. The summed E-state index contributed by atoms with van der Waals surface area (Å²) in [6.07, 6.45) is 3.92. The summed E-state index contributed by atoms with van der Waals surface area (Å²) in [5.74, 6) is 0.292. The van der Waals surface area contributed by atoms with Crippen LogP contribution in [0.2, 0.25) is 0 Å². The van der Waals surface area contributed by atoms with Crippen LogP contribution in [0.25, 0.3) is 0 Å². The molecule has 1 aliphatic carbocycles. The lowest BCUT2D eigenvalue weighted by Gasteiger charge is -2.37. The van der Waals surface area contributed by atoms with Crippen molar-refractivity contribution in [2.24, 2.45) is 0 Å². The smallest absolute Gasteiger partial charge is 0.164 e. The Morgan fingerprint density at radius 3 is 2.62 bits per heavy atom. The molecule has 0 radical (unpaired) electrons. The van der Waals surface area contributed by atoms with E-state index < -0.39 is 0 Å². The van der Waals surface area contributed by atoms with Gasteiger partial charge in [-0.1, -0.05) is 41.9 Å². The molecule has 0 amide bonds. The molecule has 0 aromatic heterocycles. The van der Waals surface area contributed by atoms with Crippen LogP contribution in [0.4, 0.5) is 0 Å². The molecule has 0 spiro atoms. The molecule has 2 rings (SSSR count). The van der Waals surface area contributed by atoms with Gasteiger partial charge in [0.15, 0.2) is 5.78 Å². The Hall–Kier alpha value is -0.630. The first-order valence-corrected chi connectivity index (χ1v) is 6.76. The average Bonchev–Trinajstić information content (AvgIpc) is 2.31. The number of halogens is 1. The molecule has 1 aromatic rings. The average molecular weight is 281 g/mol. The highest BCUT2D eigenvalue weighted by Crippen LogP contribution is 2.44. The van der Waals surface area contributed by atoms with Crippen molar-refractivity contribution in [2.45, 2.75) is 44.9 Å². The van der Waals surface area contributed by atoms with E-state index in [-0.39, 0.29) is 5.41 Å². The maximum atomic E-state index is 12.0. The van der Waals surface area contributed by atoms with Crippen LogP contribution in [0, 0.1) is 0 Å². The standard InChI is InChI=1S/C14H17BrO/c1-3-14(4-2)9-8-12(16)13-10(14)6-5-7-11(13)15/h5-7H,3-4,8-9H2,1-2H3. The third kappa shape index (κ3) is 1.64. The highest BCUT2D eigenvalue weighted by atomic mass is 79.9. The number of carbonyl (C=O) groups is 1. The van der Waals surface area contributed by atoms with E-state index in [0.29, 0.717) is 12.2 Å². The van der Waals surface area contributed by atoms with Gasteiger partial charge in [0.25, 0.3) is 0 Å². The van der Waals surface area contributed by atoms with Crippen molar-refractivity contribution in [3.05, 3.63) is 33.8 Å². The molecular formula is C14H17BrO. The van der Waals surface area contributed by atoms with Crippen molar-refractivity contribution in [3.63, 3.8) is 0 Å². The van der Waals surface area contributed by atoms with Gasteiger partial charge >= 0.3 is 0 Å². The lowest BCUT2D eigenvalue weighted by molar-refractivity contribution is 0.0947. The second kappa shape index (κ2) is 4.33. The van der Waals surface area contributed by atoms with Crippen molar-refractivity contribution >= 4 is 21.7 Å². The normalized spacial score (nSPS) is 18.3. The number of hydrogen-bond acceptors (Lipinski definition) is 1. The van der Waals surface area contributed by atoms with Crippen molar-refractivity contribution in [3.8, 4) is 0 Å². The predicted octanol–water partition coefficient (Wildman–Crippen LogP) is 4.48. The quantitative estimate of drug-likeness (QED) is 0.781. The molecule has 86 valence electrons. The zero-order valence-corrected chi connectivity index (χ0v) is 11.4. The number of ketones is 1. The lowest BCUT2D eigenvalue weighted by Crippen LogP contribution is -2.32. The lowest BCUT2D eigenvalue weighted by atomic mass is 9.66. The molecule has 0 aliphatic heterocycles. The van der Waals surface area contributed by atoms with Crippen LogP contribution in [-0.4, -0.2) is 5.78 Å². The molecule has 0 unspecified atom stereocenters. The molecule has 16 heavy (non-hydrogen) atoms. The number of hydrogen-bond donors (Lipinski definition) is 0. The van der Waals surface area contributed by atoms with E-state index in [2.05, 4.69) is 35.8 Å². The van der Waals surface area contributed by atoms with Crippen LogP contribution in [0.5, 0.6) is 0 Å². The Balaban J connectivity index is 2.65. The maximum Gasteiger partial charge on any atom is 0.164 e. The highest BCUT2D eigenvalue weighted by molar-refractivity contribution is 9.10. The largest absolute Gasteiger partial charge is 0.294 e. The summed E-state index contributed by atoms with van der Waals surface area (Å²) in [6.45, 7) is 4.45. The van der Waals surface area contributed by atoms with E-state index in [0.717, 1.165) is 29.3 Å². The molecular weight excluding hydrogens is 264 g/mol. The van der Waals surface area contributed by atoms with Crippen LogP contribution < -0.4 is 0 Å². The Morgan fingerprint density at radius 2 is 2.00 bits per heavy atom. The molecule has 0 heterocycles. The fraction of sp³-hybridized carbons (Fsp3) is 0.500. The minimum Gasteiger partial charge on any atom is -0.294 e. The number of fused-ring (bicyclic) bond motifs is 1. The van der Waals surface area contributed by atoms with Gasteiger partial charge in [0.2, 0.25) is 0 Å². The highest BCUT2D eigenvalue weighted by Gasteiger charge is 2.37. The molecule has 2 heteroatoms. The number of carbonyl (C=O) groups excluding carboxylic acids is 1. The molecule has 0 bridgehead atoms. The first kappa shape index (κ1) is 11.8. The Labute approximate surface area is 105 Å². The fourth-order valence-electron chi connectivity index (χ4n) is 2.85. The van der Waals surface area contributed by atoms with Gasteiger partial charge in [-0.2, -0.15) is 0 Å². The van der Waals surface area contributed by atoms with E-state index in [9.17, 15) is 4.79 Å². The minimum absolute atomic E-state index is 0.215. The molecule has 1 aliphatic rings. The Bertz CT molecular complexity index is 419. The topological polar surface area (TPSA) is 17.1 Å². The Morgan fingerprint density at radius 1 is 1.31 bits per heavy atom. The van der Waals surface area contributed by atoms with E-state index in [4.69, 9.17) is 0 Å². The first-order valence-electron chi connectivity index (χ1n) is 5.97. The van der Waals surface area contributed by atoms with Gasteiger partial charge in [0, 0.05) is 16.5 Å². The summed E-state index contributed by atoms with van der Waals surface area (Å²) in [5.41, 5.74) is 2.40. The van der Waals surface area contributed by atoms with Crippen molar-refractivity contribution in [2.75, 3.05) is 0 Å². The van der Waals surface area contributed by atoms with Crippen molar-refractivity contribution in [1.82, 2.24) is 0 Å². The second-order valence-electron chi connectivity index (χ2n) is 4.57. The molecule has 0 atom stereocenters. The van der Waals surface area contributed by atoms with Gasteiger partial charge in [0.05, 0.1) is 0 Å². The minimum atomic E-state index is 0.215. The van der Waals surface area contributed by atoms with E-state index in [1.807, 2.05) is 12.1 Å². The summed E-state index contributed by atoms with van der Waals surface area (Å²) in [6, 6.07) is 6.14. The van der Waals surface area contributed by atoms with Gasteiger partial charge in [-0.15, -0.1) is 0 Å². The summed E-state index contributed by atoms with van der Waals surface area (Å²) in [4.78, 5) is 12.0. The van der Waals surface area contributed by atoms with Gasteiger partial charge in [-0.05, 0) is 36.3 Å². The molecule has 0 fully saturated rings. The van der Waals surface area contributed by atoms with Crippen molar-refractivity contribution < 1.29 is 4.79 Å². The zero-order valence-electron chi connectivity index (χ0n) is 9.85. The van der Waals surface area contributed by atoms with Gasteiger partial charge in [0.1, 0.15) is 0 Å². The molecule has 1 nitrogen and oxygen atoms in total. The fourth-order valence-corrected chi connectivity index (χ4v) is 3.43. The van der Waals surface area contributed by atoms with E-state index in [1.54, 1.807) is 0 Å². The number of benzene rings is 1. The van der Waals surface area contributed by atoms with E-state index >= 15 is 0 Å².